The lowest BCUT2D eigenvalue weighted by molar-refractivity contribution is 0.517. The molecule has 1 aliphatic heterocycles. The zero-order valence-corrected chi connectivity index (χ0v) is 10.3. The molecule has 0 amide bonds. The molecule has 4 nitrogen and oxygen atoms in total. The van der Waals surface area contributed by atoms with Gasteiger partial charge in [-0.25, -0.2) is 12.7 Å². The van der Waals surface area contributed by atoms with Crippen LogP contribution in [0.3, 0.4) is 0 Å². The first-order valence-corrected chi connectivity index (χ1v) is 6.71. The highest BCUT2D eigenvalue weighted by Gasteiger charge is 2.23. The molecule has 5 heteroatoms. The Morgan fingerprint density at radius 1 is 1.31 bits per heavy atom. The van der Waals surface area contributed by atoms with E-state index >= 15 is 0 Å². The van der Waals surface area contributed by atoms with Crippen LogP contribution in [0, 0.1) is 0 Å². The van der Waals surface area contributed by atoms with Crippen molar-refractivity contribution < 1.29 is 8.42 Å². The van der Waals surface area contributed by atoms with E-state index in [1.54, 1.807) is 20.2 Å². The van der Waals surface area contributed by atoms with Crippen LogP contribution >= 0.6 is 0 Å². The summed E-state index contributed by atoms with van der Waals surface area (Å²) >= 11 is 0. The van der Waals surface area contributed by atoms with Crippen LogP contribution in [0.1, 0.15) is 11.1 Å². The minimum Gasteiger partial charge on any atom is -0.312 e. The quantitative estimate of drug-likeness (QED) is 0.823. The summed E-state index contributed by atoms with van der Waals surface area (Å²) in [5.74, 6) is 0. The standard InChI is InChI=1S/C11H16N2O2S/c1-13(2)16(14,15)11-5-3-4-9-6-7-12-8-10(9)11/h3-5,12H,6-8H2,1-2H3. The maximum absolute atomic E-state index is 12.1. The SMILES string of the molecule is CN(C)S(=O)(=O)c1cccc2c1CNCC2. The first kappa shape index (κ1) is 11.6. The van der Waals surface area contributed by atoms with Gasteiger partial charge in [0.05, 0.1) is 4.90 Å². The van der Waals surface area contributed by atoms with E-state index in [1.165, 1.54) is 4.31 Å². The Hall–Kier alpha value is -0.910. The van der Waals surface area contributed by atoms with Gasteiger partial charge in [0.2, 0.25) is 10.0 Å². The van der Waals surface area contributed by atoms with Gasteiger partial charge in [-0.2, -0.15) is 0 Å². The molecule has 0 atom stereocenters. The largest absolute Gasteiger partial charge is 0.312 e. The van der Waals surface area contributed by atoms with E-state index in [0.717, 1.165) is 24.1 Å². The van der Waals surface area contributed by atoms with Crippen molar-refractivity contribution in [1.82, 2.24) is 9.62 Å². The minimum atomic E-state index is -3.33. The van der Waals surface area contributed by atoms with Gasteiger partial charge in [-0.15, -0.1) is 0 Å². The molecule has 16 heavy (non-hydrogen) atoms. The Kier molecular flexibility index (Phi) is 3.01. The number of nitrogens with zero attached hydrogens (tertiary/aromatic N) is 1. The van der Waals surface area contributed by atoms with Crippen LogP contribution in [0.4, 0.5) is 0 Å². The fraction of sp³-hybridized carbons (Fsp3) is 0.455. The Labute approximate surface area is 96.3 Å². The molecule has 0 aromatic heterocycles. The molecule has 2 rings (SSSR count). The number of hydrogen-bond acceptors (Lipinski definition) is 3. The van der Waals surface area contributed by atoms with Crippen LogP contribution in [-0.2, 0) is 23.0 Å². The maximum atomic E-state index is 12.1. The van der Waals surface area contributed by atoms with Gasteiger partial charge in [-0.3, -0.25) is 0 Å². The molecule has 0 aliphatic carbocycles. The smallest absolute Gasteiger partial charge is 0.242 e. The molecule has 0 saturated carbocycles. The summed E-state index contributed by atoms with van der Waals surface area (Å²) in [6, 6.07) is 5.51. The molecule has 0 bridgehead atoms. The van der Waals surface area contributed by atoms with Gasteiger partial charge >= 0.3 is 0 Å². The molecule has 0 unspecified atom stereocenters. The normalized spacial score (nSPS) is 16.2. The fourth-order valence-electron chi connectivity index (χ4n) is 1.92. The predicted molar refractivity (Wildman–Crippen MR) is 62.7 cm³/mol. The van der Waals surface area contributed by atoms with Crippen molar-refractivity contribution in [3.63, 3.8) is 0 Å². The lowest BCUT2D eigenvalue weighted by atomic mass is 10.0. The van der Waals surface area contributed by atoms with Gasteiger partial charge in [0, 0.05) is 20.6 Å². The van der Waals surface area contributed by atoms with Gasteiger partial charge < -0.3 is 5.32 Å². The zero-order chi connectivity index (χ0) is 11.8. The van der Waals surface area contributed by atoms with E-state index in [2.05, 4.69) is 5.32 Å². The average Bonchev–Trinajstić information content (AvgIpc) is 2.28. The van der Waals surface area contributed by atoms with Crippen LogP contribution in [0.5, 0.6) is 0 Å². The maximum Gasteiger partial charge on any atom is 0.242 e. The van der Waals surface area contributed by atoms with E-state index in [0.29, 0.717) is 11.4 Å². The molecule has 0 saturated heterocycles. The lowest BCUT2D eigenvalue weighted by Crippen LogP contribution is -2.29. The second kappa shape index (κ2) is 4.16. The van der Waals surface area contributed by atoms with E-state index in [9.17, 15) is 8.42 Å². The Morgan fingerprint density at radius 2 is 2.06 bits per heavy atom. The Balaban J connectivity index is 2.58. The fourth-order valence-corrected chi connectivity index (χ4v) is 3.08. The van der Waals surface area contributed by atoms with Crippen LogP contribution in [0.2, 0.25) is 0 Å². The van der Waals surface area contributed by atoms with E-state index in [1.807, 2.05) is 12.1 Å². The van der Waals surface area contributed by atoms with Crippen LogP contribution in [0.25, 0.3) is 0 Å². The van der Waals surface area contributed by atoms with Crippen molar-refractivity contribution in [2.75, 3.05) is 20.6 Å². The number of nitrogens with one attached hydrogen (secondary N) is 1. The van der Waals surface area contributed by atoms with Crippen LogP contribution in [-0.4, -0.2) is 33.4 Å². The van der Waals surface area contributed by atoms with E-state index < -0.39 is 10.0 Å². The van der Waals surface area contributed by atoms with E-state index in [-0.39, 0.29) is 0 Å². The van der Waals surface area contributed by atoms with Gasteiger partial charge in [-0.05, 0) is 30.2 Å². The van der Waals surface area contributed by atoms with Crippen LogP contribution < -0.4 is 5.32 Å². The Bertz CT molecular complexity index is 495. The average molecular weight is 240 g/mol. The molecule has 0 radical (unpaired) electrons. The van der Waals surface area contributed by atoms with Crippen molar-refractivity contribution in [2.24, 2.45) is 0 Å². The molecule has 0 spiro atoms. The summed E-state index contributed by atoms with van der Waals surface area (Å²) < 4.78 is 25.5. The first-order chi connectivity index (χ1) is 7.53. The highest BCUT2D eigenvalue weighted by atomic mass is 32.2. The lowest BCUT2D eigenvalue weighted by Gasteiger charge is -2.21. The summed E-state index contributed by atoms with van der Waals surface area (Å²) in [6.45, 7) is 1.55. The molecular formula is C11H16N2O2S. The number of rotatable bonds is 2. The topological polar surface area (TPSA) is 49.4 Å². The summed E-state index contributed by atoms with van der Waals surface area (Å²) in [4.78, 5) is 0.433. The third-order valence-electron chi connectivity index (χ3n) is 2.86. The molecule has 1 aromatic rings. The molecule has 1 heterocycles. The highest BCUT2D eigenvalue weighted by Crippen LogP contribution is 2.24. The van der Waals surface area contributed by atoms with Gasteiger partial charge in [0.15, 0.2) is 0 Å². The highest BCUT2D eigenvalue weighted by molar-refractivity contribution is 7.89. The number of fused-ring (bicyclic) bond motifs is 1. The van der Waals surface area contributed by atoms with Gasteiger partial charge in [-0.1, -0.05) is 12.1 Å². The third-order valence-corrected chi connectivity index (χ3v) is 4.76. The second-order valence-electron chi connectivity index (χ2n) is 4.11. The van der Waals surface area contributed by atoms with Crippen molar-refractivity contribution in [3.05, 3.63) is 29.3 Å². The summed E-state index contributed by atoms with van der Waals surface area (Å²) in [5.41, 5.74) is 2.06. The summed E-state index contributed by atoms with van der Waals surface area (Å²) in [7, 11) is -0.204. The molecular weight excluding hydrogens is 224 g/mol. The molecule has 1 N–H and O–H groups in total. The van der Waals surface area contributed by atoms with Crippen molar-refractivity contribution in [1.29, 1.82) is 0 Å². The predicted octanol–water partition coefficient (Wildman–Crippen LogP) is 0.583. The molecule has 1 aromatic carbocycles. The molecule has 1 aliphatic rings. The van der Waals surface area contributed by atoms with Gasteiger partial charge in [0.1, 0.15) is 0 Å². The third kappa shape index (κ3) is 1.86. The zero-order valence-electron chi connectivity index (χ0n) is 9.53. The number of benzene rings is 1. The van der Waals surface area contributed by atoms with Gasteiger partial charge in [0.25, 0.3) is 0 Å². The Morgan fingerprint density at radius 3 is 2.75 bits per heavy atom. The second-order valence-corrected chi connectivity index (χ2v) is 6.23. The van der Waals surface area contributed by atoms with Crippen LogP contribution in [0.15, 0.2) is 23.1 Å². The summed E-state index contributed by atoms with van der Waals surface area (Å²) in [5, 5.41) is 3.21. The van der Waals surface area contributed by atoms with Crippen molar-refractivity contribution in [3.8, 4) is 0 Å². The number of hydrogen-bond donors (Lipinski definition) is 1. The number of sulfonamides is 1. The monoisotopic (exact) mass is 240 g/mol. The van der Waals surface area contributed by atoms with Crippen molar-refractivity contribution in [2.45, 2.75) is 17.9 Å². The molecule has 88 valence electrons. The van der Waals surface area contributed by atoms with E-state index in [4.69, 9.17) is 0 Å². The van der Waals surface area contributed by atoms with Crippen molar-refractivity contribution >= 4 is 10.0 Å². The minimum absolute atomic E-state index is 0.433. The first-order valence-electron chi connectivity index (χ1n) is 5.27. The molecule has 0 fully saturated rings. The summed E-state index contributed by atoms with van der Waals surface area (Å²) in [6.07, 6.45) is 0.895.